The molecule has 0 spiro atoms. The highest BCUT2D eigenvalue weighted by atomic mass is 16.5. The molecule has 0 saturated heterocycles. The van der Waals surface area contributed by atoms with E-state index in [0.717, 1.165) is 95.4 Å². The van der Waals surface area contributed by atoms with E-state index in [9.17, 15) is 9.59 Å². The fourth-order valence-electron chi connectivity index (χ4n) is 10.1. The molecule has 0 unspecified atom stereocenters. The van der Waals surface area contributed by atoms with E-state index in [1.54, 1.807) is 24.3 Å². The van der Waals surface area contributed by atoms with Crippen LogP contribution in [0.1, 0.15) is 161 Å². The smallest absolute Gasteiger partial charge is 0.340 e. The number of nitrogens with one attached hydrogen (secondary N) is 2. The molecule has 16 nitrogen and oxygen atoms in total. The van der Waals surface area contributed by atoms with Crippen LogP contribution in [-0.2, 0) is 20.6 Å². The van der Waals surface area contributed by atoms with Gasteiger partial charge in [0.05, 0.1) is 33.3 Å². The molecule has 6 aliphatic rings. The maximum atomic E-state index is 12.3. The maximum absolute atomic E-state index is 12.3. The number of anilines is 4. The molecule has 12 rings (SSSR count). The van der Waals surface area contributed by atoms with E-state index in [1.165, 1.54) is 12.8 Å². The second kappa shape index (κ2) is 17.7. The molecule has 6 atom stereocenters. The number of aromatic nitrogens is 6. The van der Waals surface area contributed by atoms with Gasteiger partial charge >= 0.3 is 11.9 Å². The molecule has 364 valence electrons. The summed E-state index contributed by atoms with van der Waals surface area (Å²) in [5.41, 5.74) is 17.4. The lowest BCUT2D eigenvalue weighted by Crippen LogP contribution is -2.44. The van der Waals surface area contributed by atoms with Crippen molar-refractivity contribution in [1.82, 2.24) is 29.9 Å². The van der Waals surface area contributed by atoms with Gasteiger partial charge in [0.25, 0.3) is 0 Å². The van der Waals surface area contributed by atoms with Crippen molar-refractivity contribution in [2.75, 3.05) is 10.6 Å². The van der Waals surface area contributed by atoms with Crippen LogP contribution in [0.5, 0.6) is 11.8 Å². The lowest BCUT2D eigenvalue weighted by molar-refractivity contribution is 0.0225. The number of nitrogens with zero attached hydrogens (tertiary/aromatic N) is 6. The molecule has 70 heavy (non-hydrogen) atoms. The Kier molecular flexibility index (Phi) is 11.6. The van der Waals surface area contributed by atoms with E-state index in [0.29, 0.717) is 58.0 Å². The normalized spacial score (nSPS) is 23.7. The van der Waals surface area contributed by atoms with Gasteiger partial charge < -0.3 is 41.0 Å². The molecule has 8 heterocycles. The molecule has 4 aliphatic carbocycles. The van der Waals surface area contributed by atoms with Crippen LogP contribution in [0.3, 0.4) is 0 Å². The molecule has 4 fully saturated rings. The molecule has 6 aromatic heterocycles. The van der Waals surface area contributed by atoms with E-state index in [-0.39, 0.29) is 48.2 Å². The Morgan fingerprint density at radius 3 is 1.30 bits per heavy atom. The Morgan fingerprint density at radius 2 is 0.943 bits per heavy atom. The number of rotatable bonds is 12. The third-order valence-electron chi connectivity index (χ3n) is 15.8. The van der Waals surface area contributed by atoms with Crippen molar-refractivity contribution in [2.24, 2.45) is 23.3 Å². The molecule has 6 aromatic rings. The summed E-state index contributed by atoms with van der Waals surface area (Å²) in [5.74, 6) is 4.01. The summed E-state index contributed by atoms with van der Waals surface area (Å²) in [4.78, 5) is 52.6. The molecule has 0 bridgehead atoms. The van der Waals surface area contributed by atoms with Crippen molar-refractivity contribution in [3.05, 3.63) is 94.8 Å². The standard InChI is InChI=1S/2C27H31N5O3/c2*1-14-15(2)34-26(33)18-9-10-22(32-24(14)18)31-23-11-19-20(12-29-23)25(35-17-7-8-17)30-13-21(19)27(3,28)16-5-4-6-16/h2*9-17H,4-8,28H2,1-3H3,(H,29,31,32)/t14-,15-,27+;14-,15-,27-/m00/s1. The number of fused-ring (bicyclic) bond motifs is 4. The van der Waals surface area contributed by atoms with Gasteiger partial charge in [-0.25, -0.2) is 39.5 Å². The summed E-state index contributed by atoms with van der Waals surface area (Å²) in [6, 6.07) is 11.1. The largest absolute Gasteiger partial charge is 0.474 e. The average molecular weight is 947 g/mol. The van der Waals surface area contributed by atoms with Crippen molar-refractivity contribution in [2.45, 2.75) is 153 Å². The third-order valence-corrected chi connectivity index (χ3v) is 15.8. The van der Waals surface area contributed by atoms with Gasteiger partial charge in [0.2, 0.25) is 11.8 Å². The number of esters is 2. The van der Waals surface area contributed by atoms with E-state index >= 15 is 0 Å². The van der Waals surface area contributed by atoms with Crippen LogP contribution in [-0.4, -0.2) is 66.3 Å². The summed E-state index contributed by atoms with van der Waals surface area (Å²) >= 11 is 0. The van der Waals surface area contributed by atoms with Crippen LogP contribution in [0, 0.1) is 11.8 Å². The summed E-state index contributed by atoms with van der Waals surface area (Å²) in [6.45, 7) is 12.0. The first-order valence-electron chi connectivity index (χ1n) is 25.1. The monoisotopic (exact) mass is 946 g/mol. The predicted molar refractivity (Wildman–Crippen MR) is 266 cm³/mol. The molecular weight excluding hydrogens is 885 g/mol. The fourth-order valence-corrected chi connectivity index (χ4v) is 10.1. The average Bonchev–Trinajstić information content (AvgIpc) is 4.24. The molecule has 6 N–H and O–H groups in total. The number of ether oxygens (including phenoxy) is 4. The summed E-state index contributed by atoms with van der Waals surface area (Å²) in [6.07, 6.45) is 18.6. The van der Waals surface area contributed by atoms with Gasteiger partial charge in [-0.3, -0.25) is 0 Å². The number of hydrogen-bond acceptors (Lipinski definition) is 16. The van der Waals surface area contributed by atoms with Gasteiger partial charge in [-0.05, 0) is 149 Å². The first kappa shape index (κ1) is 45.9. The van der Waals surface area contributed by atoms with Crippen molar-refractivity contribution < 1.29 is 28.5 Å². The molecule has 2 aliphatic heterocycles. The highest BCUT2D eigenvalue weighted by molar-refractivity contribution is 5.95. The highest BCUT2D eigenvalue weighted by Crippen LogP contribution is 2.46. The van der Waals surface area contributed by atoms with E-state index in [4.69, 9.17) is 40.4 Å². The summed E-state index contributed by atoms with van der Waals surface area (Å²) in [5, 5.41) is 10.4. The van der Waals surface area contributed by atoms with Crippen LogP contribution in [0.4, 0.5) is 23.3 Å². The zero-order valence-electron chi connectivity index (χ0n) is 40.8. The van der Waals surface area contributed by atoms with E-state index < -0.39 is 11.1 Å². The van der Waals surface area contributed by atoms with Crippen LogP contribution in [0.15, 0.2) is 61.2 Å². The van der Waals surface area contributed by atoms with Gasteiger partial charge in [-0.1, -0.05) is 26.7 Å². The Hall–Kier alpha value is -6.52. The molecule has 0 amide bonds. The molecule has 4 saturated carbocycles. The molecule has 16 heteroatoms. The maximum Gasteiger partial charge on any atom is 0.340 e. The number of carbonyl (C=O) groups is 2. The molecule has 0 aromatic carbocycles. The molecular formula is C54H62N10O6. The second-order valence-electron chi connectivity index (χ2n) is 20.9. The number of nitrogens with two attached hydrogens (primary N) is 2. The zero-order chi connectivity index (χ0) is 48.6. The van der Waals surface area contributed by atoms with E-state index in [2.05, 4.69) is 44.4 Å². The van der Waals surface area contributed by atoms with E-state index in [1.807, 2.05) is 64.6 Å². The third kappa shape index (κ3) is 8.62. The lowest BCUT2D eigenvalue weighted by atomic mass is 9.68. The first-order valence-corrected chi connectivity index (χ1v) is 25.1. The quantitative estimate of drug-likeness (QED) is 0.0838. The Morgan fingerprint density at radius 1 is 0.543 bits per heavy atom. The van der Waals surface area contributed by atoms with Gasteiger partial charge in [-0.15, -0.1) is 0 Å². The SMILES string of the molecule is C[C@@H]1OC(=O)c2ccc(Nc3cc4c([C@@](C)(N)C5CCC5)cnc(OC5CC5)c4cn3)nc2[C@H]1C.C[C@@H]1OC(=O)c2ccc(Nc3cc4c([C@](C)(N)C5CCC5)cnc(OC5CC5)c4cn3)nc2[C@H]1C. The fraction of sp³-hybridized carbons (Fsp3) is 0.481. The summed E-state index contributed by atoms with van der Waals surface area (Å²) in [7, 11) is 0. The van der Waals surface area contributed by atoms with Gasteiger partial charge in [0, 0.05) is 47.7 Å². The Balaban J connectivity index is 0.000000152. The van der Waals surface area contributed by atoms with Crippen LogP contribution >= 0.6 is 0 Å². The minimum atomic E-state index is -0.490. The topological polar surface area (TPSA) is 224 Å². The van der Waals surface area contributed by atoms with Crippen LogP contribution in [0.2, 0.25) is 0 Å². The predicted octanol–water partition coefficient (Wildman–Crippen LogP) is 9.89. The number of carbonyl (C=O) groups excluding carboxylic acids is 2. The van der Waals surface area contributed by atoms with Gasteiger partial charge in [0.15, 0.2) is 0 Å². The van der Waals surface area contributed by atoms with Crippen molar-refractivity contribution in [1.29, 1.82) is 0 Å². The molecule has 0 radical (unpaired) electrons. The highest BCUT2D eigenvalue weighted by Gasteiger charge is 2.40. The summed E-state index contributed by atoms with van der Waals surface area (Å²) < 4.78 is 23.0. The lowest BCUT2D eigenvalue weighted by Gasteiger charge is -2.41. The van der Waals surface area contributed by atoms with Gasteiger partial charge in [0.1, 0.15) is 47.7 Å². The van der Waals surface area contributed by atoms with Crippen molar-refractivity contribution >= 4 is 56.8 Å². The number of hydrogen-bond donors (Lipinski definition) is 4. The first-order chi connectivity index (χ1) is 33.6. The Labute approximate surface area is 407 Å². The minimum Gasteiger partial charge on any atom is -0.474 e. The van der Waals surface area contributed by atoms with Gasteiger partial charge in [-0.2, -0.15) is 0 Å². The number of pyridine rings is 6. The van der Waals surface area contributed by atoms with Crippen LogP contribution in [0.25, 0.3) is 21.5 Å². The van der Waals surface area contributed by atoms with Crippen molar-refractivity contribution in [3.8, 4) is 11.8 Å². The van der Waals surface area contributed by atoms with Crippen LogP contribution < -0.4 is 31.6 Å². The minimum absolute atomic E-state index is 0.00856. The number of cyclic esters (lactones) is 2. The second-order valence-corrected chi connectivity index (χ2v) is 20.9. The van der Waals surface area contributed by atoms with Crippen molar-refractivity contribution in [3.63, 3.8) is 0 Å². The zero-order valence-corrected chi connectivity index (χ0v) is 40.8. The Bertz CT molecular complexity index is 2830.